The van der Waals surface area contributed by atoms with Crippen LogP contribution in [0.2, 0.25) is 5.02 Å². The van der Waals surface area contributed by atoms with Gasteiger partial charge < -0.3 is 4.90 Å². The number of aromatic amines is 1. The normalized spacial score (nSPS) is 17.2. The van der Waals surface area contributed by atoms with E-state index in [1.165, 1.54) is 0 Å². The van der Waals surface area contributed by atoms with Crippen LogP contribution in [0.5, 0.6) is 0 Å². The van der Waals surface area contributed by atoms with Gasteiger partial charge in [-0.15, -0.1) is 0 Å². The number of nitrogens with zero attached hydrogens (tertiary/aromatic N) is 4. The first-order chi connectivity index (χ1) is 12.7. The standard InChI is InChI=1S/C19H16ClN5O/c20-14-3-4-15-16(19(26)25-5-1-2-12(8-21)11-25)7-17(24-18(15)6-14)13-9-22-23-10-13/h3-4,6-7,9-10,12H,1-2,5,11H2,(H,22,23). The smallest absolute Gasteiger partial charge is 0.254 e. The number of likely N-dealkylation sites (tertiary alicyclic amines) is 1. The zero-order valence-corrected chi connectivity index (χ0v) is 14.7. The minimum absolute atomic E-state index is 0.0792. The average molecular weight is 366 g/mol. The number of hydrogen-bond donors (Lipinski definition) is 1. The minimum atomic E-state index is -0.108. The molecule has 0 radical (unpaired) electrons. The Morgan fingerprint density at radius 3 is 3.04 bits per heavy atom. The second-order valence-electron chi connectivity index (χ2n) is 6.42. The van der Waals surface area contributed by atoms with Gasteiger partial charge in [-0.3, -0.25) is 9.89 Å². The van der Waals surface area contributed by atoms with Crippen molar-refractivity contribution in [2.45, 2.75) is 12.8 Å². The highest BCUT2D eigenvalue weighted by atomic mass is 35.5. The molecule has 26 heavy (non-hydrogen) atoms. The van der Waals surface area contributed by atoms with E-state index in [0.717, 1.165) is 23.8 Å². The molecule has 1 aliphatic heterocycles. The monoisotopic (exact) mass is 365 g/mol. The number of carbonyl (C=O) groups is 1. The number of benzene rings is 1. The summed E-state index contributed by atoms with van der Waals surface area (Å²) < 4.78 is 0. The van der Waals surface area contributed by atoms with Gasteiger partial charge in [0, 0.05) is 35.3 Å². The molecule has 1 fully saturated rings. The molecule has 0 bridgehead atoms. The van der Waals surface area contributed by atoms with Crippen molar-refractivity contribution in [3.63, 3.8) is 0 Å². The number of hydrogen-bond acceptors (Lipinski definition) is 4. The van der Waals surface area contributed by atoms with Gasteiger partial charge in [0.1, 0.15) is 0 Å². The molecule has 3 aromatic rings. The summed E-state index contributed by atoms with van der Waals surface area (Å²) in [6, 6.07) is 9.41. The first-order valence-electron chi connectivity index (χ1n) is 8.44. The van der Waals surface area contributed by atoms with Gasteiger partial charge in [0.25, 0.3) is 5.91 Å². The molecule has 6 nitrogen and oxygen atoms in total. The molecule has 0 saturated carbocycles. The SMILES string of the molecule is N#CC1CCCN(C(=O)c2cc(-c3cn[nH]c3)nc3cc(Cl)ccc23)C1. The van der Waals surface area contributed by atoms with Gasteiger partial charge in [-0.1, -0.05) is 17.7 Å². The lowest BCUT2D eigenvalue weighted by atomic mass is 9.98. The van der Waals surface area contributed by atoms with Gasteiger partial charge >= 0.3 is 0 Å². The lowest BCUT2D eigenvalue weighted by molar-refractivity contribution is 0.0701. The molecule has 1 amide bonds. The highest BCUT2D eigenvalue weighted by molar-refractivity contribution is 6.31. The number of amides is 1. The topological polar surface area (TPSA) is 85.7 Å². The van der Waals surface area contributed by atoms with Gasteiger partial charge in [0.2, 0.25) is 0 Å². The van der Waals surface area contributed by atoms with Crippen LogP contribution in [0.4, 0.5) is 0 Å². The van der Waals surface area contributed by atoms with Crippen molar-refractivity contribution in [3.8, 4) is 17.3 Å². The summed E-state index contributed by atoms with van der Waals surface area (Å²) >= 11 is 6.12. The summed E-state index contributed by atoms with van der Waals surface area (Å²) in [6.45, 7) is 1.13. The minimum Gasteiger partial charge on any atom is -0.337 e. The summed E-state index contributed by atoms with van der Waals surface area (Å²) in [5.74, 6) is -0.187. The van der Waals surface area contributed by atoms with E-state index >= 15 is 0 Å². The number of nitrogens with one attached hydrogen (secondary N) is 1. The molecule has 1 aromatic carbocycles. The maximum Gasteiger partial charge on any atom is 0.254 e. The third-order valence-electron chi connectivity index (χ3n) is 4.69. The molecule has 1 N–H and O–H groups in total. The van der Waals surface area contributed by atoms with E-state index in [-0.39, 0.29) is 11.8 Å². The molecule has 3 heterocycles. The third-order valence-corrected chi connectivity index (χ3v) is 4.92. The Morgan fingerprint density at radius 1 is 1.38 bits per heavy atom. The number of piperidine rings is 1. The van der Waals surface area contributed by atoms with Crippen LogP contribution >= 0.6 is 11.6 Å². The average Bonchev–Trinajstić information content (AvgIpc) is 3.21. The van der Waals surface area contributed by atoms with Crippen molar-refractivity contribution >= 4 is 28.4 Å². The number of nitriles is 1. The quantitative estimate of drug-likeness (QED) is 0.751. The number of fused-ring (bicyclic) bond motifs is 1. The second kappa shape index (κ2) is 6.77. The van der Waals surface area contributed by atoms with E-state index in [0.29, 0.717) is 34.9 Å². The lowest BCUT2D eigenvalue weighted by Crippen LogP contribution is -2.39. The van der Waals surface area contributed by atoms with E-state index in [9.17, 15) is 10.1 Å². The molecular formula is C19H16ClN5O. The number of carbonyl (C=O) groups excluding carboxylic acids is 1. The molecule has 7 heteroatoms. The Labute approximate surface area is 155 Å². The van der Waals surface area contributed by atoms with E-state index in [1.807, 2.05) is 6.07 Å². The van der Waals surface area contributed by atoms with Crippen molar-refractivity contribution in [2.24, 2.45) is 5.92 Å². The maximum absolute atomic E-state index is 13.2. The molecule has 0 spiro atoms. The predicted octanol–water partition coefficient (Wildman–Crippen LogP) is 3.65. The molecule has 1 unspecified atom stereocenters. The largest absolute Gasteiger partial charge is 0.337 e. The van der Waals surface area contributed by atoms with E-state index in [2.05, 4.69) is 21.3 Å². The van der Waals surface area contributed by atoms with Crippen LogP contribution < -0.4 is 0 Å². The van der Waals surface area contributed by atoms with Crippen LogP contribution in [0, 0.1) is 17.2 Å². The summed E-state index contributed by atoms with van der Waals surface area (Å²) in [4.78, 5) is 19.6. The van der Waals surface area contributed by atoms with Crippen LogP contribution in [0.3, 0.4) is 0 Å². The zero-order valence-electron chi connectivity index (χ0n) is 13.9. The summed E-state index contributed by atoms with van der Waals surface area (Å²) in [6.07, 6.45) is 5.08. The highest BCUT2D eigenvalue weighted by Crippen LogP contribution is 2.28. The molecule has 2 aromatic heterocycles. The summed E-state index contributed by atoms with van der Waals surface area (Å²) in [5, 5.41) is 17.3. The number of H-pyrrole nitrogens is 1. The second-order valence-corrected chi connectivity index (χ2v) is 6.86. The molecular weight excluding hydrogens is 350 g/mol. The lowest BCUT2D eigenvalue weighted by Gasteiger charge is -2.30. The summed E-state index contributed by atoms with van der Waals surface area (Å²) in [7, 11) is 0. The maximum atomic E-state index is 13.2. The van der Waals surface area contributed by atoms with Gasteiger partial charge in [-0.2, -0.15) is 10.4 Å². The fraction of sp³-hybridized carbons (Fsp3) is 0.263. The van der Waals surface area contributed by atoms with E-state index in [1.54, 1.807) is 35.5 Å². The Morgan fingerprint density at radius 2 is 2.27 bits per heavy atom. The van der Waals surface area contributed by atoms with Crippen LogP contribution in [-0.2, 0) is 0 Å². The molecule has 0 aliphatic carbocycles. The van der Waals surface area contributed by atoms with Crippen molar-refractivity contribution < 1.29 is 4.79 Å². The number of aromatic nitrogens is 3. The number of halogens is 1. The molecule has 1 saturated heterocycles. The van der Waals surface area contributed by atoms with Crippen LogP contribution in [-0.4, -0.2) is 39.1 Å². The molecule has 4 rings (SSSR count). The van der Waals surface area contributed by atoms with E-state index < -0.39 is 0 Å². The Balaban J connectivity index is 1.82. The van der Waals surface area contributed by atoms with Crippen molar-refractivity contribution in [1.82, 2.24) is 20.1 Å². The van der Waals surface area contributed by atoms with Crippen LogP contribution in [0.15, 0.2) is 36.7 Å². The summed E-state index contributed by atoms with van der Waals surface area (Å²) in [5.41, 5.74) is 2.69. The molecule has 1 aliphatic rings. The van der Waals surface area contributed by atoms with Gasteiger partial charge in [-0.25, -0.2) is 4.98 Å². The Hall–Kier alpha value is -2.91. The van der Waals surface area contributed by atoms with Gasteiger partial charge in [0.15, 0.2) is 0 Å². The molecule has 130 valence electrons. The van der Waals surface area contributed by atoms with Crippen molar-refractivity contribution in [1.29, 1.82) is 5.26 Å². The zero-order chi connectivity index (χ0) is 18.1. The predicted molar refractivity (Wildman–Crippen MR) is 98.6 cm³/mol. The fourth-order valence-corrected chi connectivity index (χ4v) is 3.52. The number of rotatable bonds is 2. The first kappa shape index (κ1) is 16.6. The van der Waals surface area contributed by atoms with Crippen LogP contribution in [0.25, 0.3) is 22.2 Å². The van der Waals surface area contributed by atoms with Crippen molar-refractivity contribution in [2.75, 3.05) is 13.1 Å². The van der Waals surface area contributed by atoms with Gasteiger partial charge in [-0.05, 0) is 31.0 Å². The van der Waals surface area contributed by atoms with E-state index in [4.69, 9.17) is 11.6 Å². The number of pyridine rings is 1. The van der Waals surface area contributed by atoms with Crippen molar-refractivity contribution in [3.05, 3.63) is 47.2 Å². The third kappa shape index (κ3) is 3.02. The molecule has 1 atom stereocenters. The first-order valence-corrected chi connectivity index (χ1v) is 8.82. The Bertz CT molecular complexity index is 1010. The van der Waals surface area contributed by atoms with Gasteiger partial charge in [0.05, 0.1) is 35.0 Å². The van der Waals surface area contributed by atoms with Crippen LogP contribution in [0.1, 0.15) is 23.2 Å². The Kier molecular flexibility index (Phi) is 4.31. The fourth-order valence-electron chi connectivity index (χ4n) is 3.35. The highest BCUT2D eigenvalue weighted by Gasteiger charge is 2.26.